The average molecular weight is 214 g/mol. The van der Waals surface area contributed by atoms with Crippen molar-refractivity contribution in [3.63, 3.8) is 0 Å². The molecule has 2 N–H and O–H groups in total. The summed E-state index contributed by atoms with van der Waals surface area (Å²) in [5, 5.41) is 0. The van der Waals surface area contributed by atoms with Crippen LogP contribution in [0.2, 0.25) is 0 Å². The summed E-state index contributed by atoms with van der Waals surface area (Å²) in [4.78, 5) is 13.8. The molecule has 1 aliphatic heterocycles. The zero-order chi connectivity index (χ0) is 11.9. The lowest BCUT2D eigenvalue weighted by Crippen LogP contribution is -2.60. The fraction of sp³-hybridized carbons (Fsp3) is 0.909. The molecule has 1 rings (SSSR count). The number of hydrogen-bond donors (Lipinski definition) is 1. The molecule has 0 saturated carbocycles. The van der Waals surface area contributed by atoms with Gasteiger partial charge in [-0.1, -0.05) is 0 Å². The topological polar surface area (TPSA) is 55.6 Å². The molecule has 0 aromatic rings. The SMILES string of the molecule is CC1CN(C(=O)C(C)(C)N)CC(C)(C)O1. The Labute approximate surface area is 91.8 Å². The van der Waals surface area contributed by atoms with Gasteiger partial charge in [-0.05, 0) is 34.6 Å². The van der Waals surface area contributed by atoms with E-state index < -0.39 is 5.54 Å². The predicted molar refractivity (Wildman–Crippen MR) is 59.5 cm³/mol. The standard InChI is InChI=1S/C11H22N2O2/c1-8-6-13(7-10(2,3)15-8)9(14)11(4,5)12/h8H,6-7,12H2,1-5H3. The molecule has 1 saturated heterocycles. The Kier molecular flexibility index (Phi) is 3.12. The molecule has 0 bridgehead atoms. The highest BCUT2D eigenvalue weighted by Gasteiger charge is 2.37. The van der Waals surface area contributed by atoms with Crippen LogP contribution >= 0.6 is 0 Å². The Morgan fingerprint density at radius 3 is 2.47 bits per heavy atom. The lowest BCUT2D eigenvalue weighted by atomic mass is 10.0. The van der Waals surface area contributed by atoms with Gasteiger partial charge in [-0.2, -0.15) is 0 Å². The molecule has 1 unspecified atom stereocenters. The van der Waals surface area contributed by atoms with Crippen LogP contribution in [0.5, 0.6) is 0 Å². The van der Waals surface area contributed by atoms with Crippen LogP contribution in [-0.2, 0) is 9.53 Å². The van der Waals surface area contributed by atoms with Crippen molar-refractivity contribution < 1.29 is 9.53 Å². The molecule has 1 amide bonds. The predicted octanol–water partition coefficient (Wildman–Crippen LogP) is 0.750. The van der Waals surface area contributed by atoms with Gasteiger partial charge in [0.1, 0.15) is 0 Å². The van der Waals surface area contributed by atoms with Gasteiger partial charge in [0.05, 0.1) is 17.2 Å². The molecule has 1 fully saturated rings. The lowest BCUT2D eigenvalue weighted by Gasteiger charge is -2.43. The van der Waals surface area contributed by atoms with Crippen molar-refractivity contribution in [2.45, 2.75) is 51.9 Å². The van der Waals surface area contributed by atoms with Gasteiger partial charge >= 0.3 is 0 Å². The van der Waals surface area contributed by atoms with Gasteiger partial charge in [0, 0.05) is 13.1 Å². The first-order chi connectivity index (χ1) is 6.62. The van der Waals surface area contributed by atoms with Gasteiger partial charge in [0.25, 0.3) is 0 Å². The van der Waals surface area contributed by atoms with Crippen molar-refractivity contribution in [2.75, 3.05) is 13.1 Å². The van der Waals surface area contributed by atoms with Crippen LogP contribution in [0.3, 0.4) is 0 Å². The van der Waals surface area contributed by atoms with E-state index in [4.69, 9.17) is 10.5 Å². The molecule has 1 atom stereocenters. The second-order valence-electron chi connectivity index (χ2n) is 5.60. The van der Waals surface area contributed by atoms with Crippen molar-refractivity contribution in [3.8, 4) is 0 Å². The highest BCUT2D eigenvalue weighted by atomic mass is 16.5. The highest BCUT2D eigenvalue weighted by molar-refractivity contribution is 5.85. The largest absolute Gasteiger partial charge is 0.369 e. The summed E-state index contributed by atoms with van der Waals surface area (Å²) in [7, 11) is 0. The van der Waals surface area contributed by atoms with Crippen LogP contribution < -0.4 is 5.73 Å². The monoisotopic (exact) mass is 214 g/mol. The summed E-state index contributed by atoms with van der Waals surface area (Å²) in [6.07, 6.45) is 0.0695. The number of nitrogens with two attached hydrogens (primary N) is 1. The molecule has 88 valence electrons. The first-order valence-corrected chi connectivity index (χ1v) is 5.38. The van der Waals surface area contributed by atoms with Crippen molar-refractivity contribution in [1.29, 1.82) is 0 Å². The summed E-state index contributed by atoms with van der Waals surface area (Å²) >= 11 is 0. The molecular weight excluding hydrogens is 192 g/mol. The minimum Gasteiger partial charge on any atom is -0.369 e. The molecule has 15 heavy (non-hydrogen) atoms. The highest BCUT2D eigenvalue weighted by Crippen LogP contribution is 2.22. The third kappa shape index (κ3) is 3.18. The molecule has 0 spiro atoms. The number of rotatable bonds is 1. The second kappa shape index (κ2) is 3.76. The number of nitrogens with zero attached hydrogens (tertiary/aromatic N) is 1. The molecular formula is C11H22N2O2. The van der Waals surface area contributed by atoms with Crippen molar-refractivity contribution >= 4 is 5.91 Å². The van der Waals surface area contributed by atoms with E-state index in [0.29, 0.717) is 13.1 Å². The number of carbonyl (C=O) groups is 1. The maximum Gasteiger partial charge on any atom is 0.242 e. The van der Waals surface area contributed by atoms with E-state index >= 15 is 0 Å². The average Bonchev–Trinajstić information content (AvgIpc) is 1.97. The van der Waals surface area contributed by atoms with Gasteiger partial charge in [-0.15, -0.1) is 0 Å². The van der Waals surface area contributed by atoms with Crippen LogP contribution in [0.4, 0.5) is 0 Å². The van der Waals surface area contributed by atoms with E-state index in [-0.39, 0.29) is 17.6 Å². The maximum absolute atomic E-state index is 12.0. The maximum atomic E-state index is 12.0. The summed E-state index contributed by atoms with van der Waals surface area (Å²) in [5.41, 5.74) is 4.73. The van der Waals surface area contributed by atoms with Crippen LogP contribution in [0.15, 0.2) is 0 Å². The summed E-state index contributed by atoms with van der Waals surface area (Å²) in [5.74, 6) is -0.00859. The molecule has 0 aromatic heterocycles. The van der Waals surface area contributed by atoms with E-state index in [1.807, 2.05) is 20.8 Å². The molecule has 4 nitrogen and oxygen atoms in total. The van der Waals surface area contributed by atoms with Gasteiger partial charge in [0.2, 0.25) is 5.91 Å². The Morgan fingerprint density at radius 2 is 2.07 bits per heavy atom. The van der Waals surface area contributed by atoms with Crippen molar-refractivity contribution in [3.05, 3.63) is 0 Å². The lowest BCUT2D eigenvalue weighted by molar-refractivity contribution is -0.161. The number of ether oxygens (including phenoxy) is 1. The third-order valence-corrected chi connectivity index (χ3v) is 2.41. The van der Waals surface area contributed by atoms with Crippen LogP contribution in [-0.4, -0.2) is 41.1 Å². The zero-order valence-corrected chi connectivity index (χ0v) is 10.3. The molecule has 1 heterocycles. The molecule has 1 aliphatic rings. The fourth-order valence-corrected chi connectivity index (χ4v) is 2.02. The number of amides is 1. The third-order valence-electron chi connectivity index (χ3n) is 2.41. The van der Waals surface area contributed by atoms with Crippen molar-refractivity contribution in [2.24, 2.45) is 5.73 Å². The zero-order valence-electron chi connectivity index (χ0n) is 10.3. The van der Waals surface area contributed by atoms with E-state index in [0.717, 1.165) is 0 Å². The van der Waals surface area contributed by atoms with Gasteiger partial charge in [-0.25, -0.2) is 0 Å². The second-order valence-corrected chi connectivity index (χ2v) is 5.60. The normalized spacial score (nSPS) is 26.5. The quantitative estimate of drug-likeness (QED) is 0.700. The first-order valence-electron chi connectivity index (χ1n) is 5.38. The minimum absolute atomic E-state index is 0.00859. The Bertz CT molecular complexity index is 256. The molecule has 0 aliphatic carbocycles. The molecule has 0 radical (unpaired) electrons. The van der Waals surface area contributed by atoms with Crippen molar-refractivity contribution in [1.82, 2.24) is 4.90 Å². The van der Waals surface area contributed by atoms with Crippen LogP contribution in [0, 0.1) is 0 Å². The summed E-state index contributed by atoms with van der Waals surface area (Å²) < 4.78 is 5.73. The summed E-state index contributed by atoms with van der Waals surface area (Å²) in [6, 6.07) is 0. The minimum atomic E-state index is -0.798. The first kappa shape index (κ1) is 12.5. The van der Waals surface area contributed by atoms with E-state index in [2.05, 4.69) is 0 Å². The Morgan fingerprint density at radius 1 is 1.53 bits per heavy atom. The van der Waals surface area contributed by atoms with E-state index in [1.165, 1.54) is 0 Å². The Hall–Kier alpha value is -0.610. The van der Waals surface area contributed by atoms with E-state index in [9.17, 15) is 4.79 Å². The van der Waals surface area contributed by atoms with Crippen LogP contribution in [0.1, 0.15) is 34.6 Å². The fourth-order valence-electron chi connectivity index (χ4n) is 2.02. The number of carbonyl (C=O) groups excluding carboxylic acids is 1. The van der Waals surface area contributed by atoms with Crippen LogP contribution in [0.25, 0.3) is 0 Å². The number of morpholine rings is 1. The summed E-state index contributed by atoms with van der Waals surface area (Å²) in [6.45, 7) is 10.7. The van der Waals surface area contributed by atoms with Gasteiger partial charge in [-0.3, -0.25) is 4.79 Å². The Balaban J connectivity index is 2.75. The molecule has 0 aromatic carbocycles. The smallest absolute Gasteiger partial charge is 0.242 e. The molecule has 4 heteroatoms. The van der Waals surface area contributed by atoms with Gasteiger partial charge < -0.3 is 15.4 Å². The van der Waals surface area contributed by atoms with E-state index in [1.54, 1.807) is 18.7 Å². The van der Waals surface area contributed by atoms with Gasteiger partial charge in [0.15, 0.2) is 0 Å². The number of hydrogen-bond acceptors (Lipinski definition) is 3.